The molecule has 2 atom stereocenters. The van der Waals surface area contributed by atoms with E-state index < -0.39 is 29.2 Å². The molecule has 2 aliphatic rings. The minimum absolute atomic E-state index is 0.0403. The van der Waals surface area contributed by atoms with Crippen molar-refractivity contribution >= 4 is 86.6 Å². The van der Waals surface area contributed by atoms with Gasteiger partial charge in [-0.1, -0.05) is 17.4 Å². The minimum Gasteiger partial charge on any atom is -0.477 e. The molecule has 0 aromatic carbocycles. The SMILES string of the molecule is CCO/N=C(\C(=O)N[C@@H]1C(=O)N2C(C(=O)O)=C(C(=S)c3nnnn3CCSCC(=N)N)CS[C@@H]12)c1nsc(N)n1. The number of rotatable bonds is 13. The molecule has 0 bridgehead atoms. The summed E-state index contributed by atoms with van der Waals surface area (Å²) in [5.41, 5.74) is 10.6. The van der Waals surface area contributed by atoms with Crippen LogP contribution in [0.3, 0.4) is 0 Å². The number of anilines is 1. The molecule has 212 valence electrons. The van der Waals surface area contributed by atoms with E-state index in [1.54, 1.807) is 6.92 Å². The van der Waals surface area contributed by atoms with Gasteiger partial charge in [0, 0.05) is 28.6 Å². The molecule has 2 aromatic rings. The molecule has 0 saturated carbocycles. The predicted octanol–water partition coefficient (Wildman–Crippen LogP) is -1.33. The van der Waals surface area contributed by atoms with Gasteiger partial charge in [-0.2, -0.15) is 21.1 Å². The Labute approximate surface area is 243 Å². The first kappa shape index (κ1) is 29.3. The van der Waals surface area contributed by atoms with Crippen LogP contribution in [0.4, 0.5) is 5.13 Å². The summed E-state index contributed by atoms with van der Waals surface area (Å²) in [6.45, 7) is 2.18. The number of β-lactam (4-membered cyclic amide) rings is 1. The number of fused-ring (bicyclic) bond motifs is 1. The molecule has 2 amide bonds. The molecule has 40 heavy (non-hydrogen) atoms. The van der Waals surface area contributed by atoms with Crippen LogP contribution in [-0.4, -0.2) is 109 Å². The average Bonchev–Trinajstić information content (AvgIpc) is 3.57. The molecule has 7 N–H and O–H groups in total. The number of thiocarbonyl (C=S) groups is 1. The largest absolute Gasteiger partial charge is 0.477 e. The van der Waals surface area contributed by atoms with Crippen molar-refractivity contribution in [3.63, 3.8) is 0 Å². The van der Waals surface area contributed by atoms with E-state index in [4.69, 9.17) is 33.9 Å². The molecule has 2 aromatic heterocycles. The fraction of sp³-hybridized carbons (Fsp3) is 0.421. The standard InChI is InChI=1S/C19H22N12O5S4/c1-2-36-26-9(13-24-19(22)40-27-13)15(32)23-10-16(33)31-11(18(34)35)7(5-39-17(10)31)12(37)14-25-28-29-30(14)3-4-38-6-8(20)21/h10,17H,2-6H2,1H3,(H3,20,21)(H,23,32)(H,34,35)(H2,22,24,27)/b26-9-/t10-,17+/m1/s1. The Morgan fingerprint density at radius 3 is 2.85 bits per heavy atom. The molecule has 1 saturated heterocycles. The maximum atomic E-state index is 13.1. The van der Waals surface area contributed by atoms with Crippen molar-refractivity contribution in [1.29, 1.82) is 5.41 Å². The van der Waals surface area contributed by atoms with Crippen LogP contribution >= 0.6 is 47.3 Å². The molecule has 17 nitrogen and oxygen atoms in total. The van der Waals surface area contributed by atoms with Crippen LogP contribution in [0.2, 0.25) is 0 Å². The molecular weight excluding hydrogens is 605 g/mol. The summed E-state index contributed by atoms with van der Waals surface area (Å²) in [7, 11) is 0. The minimum atomic E-state index is -1.36. The van der Waals surface area contributed by atoms with Gasteiger partial charge in [-0.15, -0.1) is 16.9 Å². The third kappa shape index (κ3) is 6.05. The Bertz CT molecular complexity index is 1420. The summed E-state index contributed by atoms with van der Waals surface area (Å²) < 4.78 is 5.40. The number of nitrogens with two attached hydrogens (primary N) is 2. The van der Waals surface area contributed by atoms with Gasteiger partial charge in [0.25, 0.3) is 11.8 Å². The monoisotopic (exact) mass is 626 g/mol. The van der Waals surface area contributed by atoms with E-state index in [1.807, 2.05) is 0 Å². The van der Waals surface area contributed by atoms with Crippen LogP contribution < -0.4 is 16.8 Å². The van der Waals surface area contributed by atoms with Crippen molar-refractivity contribution < 1.29 is 24.3 Å². The van der Waals surface area contributed by atoms with Crippen LogP contribution in [0.15, 0.2) is 16.4 Å². The summed E-state index contributed by atoms with van der Waals surface area (Å²) in [4.78, 5) is 48.6. The summed E-state index contributed by atoms with van der Waals surface area (Å²) in [6, 6.07) is -1.05. The van der Waals surface area contributed by atoms with Crippen LogP contribution in [0, 0.1) is 5.41 Å². The number of amidine groups is 1. The number of hydrogen-bond acceptors (Lipinski definition) is 16. The average molecular weight is 627 g/mol. The third-order valence-corrected chi connectivity index (χ3v) is 8.56. The molecule has 2 aliphatic heterocycles. The molecule has 21 heteroatoms. The van der Waals surface area contributed by atoms with Crippen LogP contribution in [-0.2, 0) is 25.8 Å². The Kier molecular flexibility index (Phi) is 9.27. The number of tetrazole rings is 1. The number of nitrogen functional groups attached to an aromatic ring is 1. The Morgan fingerprint density at radius 2 is 2.20 bits per heavy atom. The Morgan fingerprint density at radius 1 is 1.43 bits per heavy atom. The molecule has 4 rings (SSSR count). The highest BCUT2D eigenvalue weighted by atomic mass is 32.2. The lowest BCUT2D eigenvalue weighted by molar-refractivity contribution is -0.150. The molecule has 0 unspecified atom stereocenters. The van der Waals surface area contributed by atoms with Crippen LogP contribution in [0.1, 0.15) is 18.6 Å². The smallest absolute Gasteiger partial charge is 0.353 e. The van der Waals surface area contributed by atoms with Gasteiger partial charge in [-0.05, 0) is 17.4 Å². The highest BCUT2D eigenvalue weighted by molar-refractivity contribution is 8.00. The topological polar surface area (TPSA) is 254 Å². The number of carbonyl (C=O) groups is 3. The molecule has 1 fully saturated rings. The number of carboxylic acid groups (broad SMARTS) is 1. The van der Waals surface area contributed by atoms with E-state index in [2.05, 4.69) is 35.4 Å². The second kappa shape index (κ2) is 12.7. The summed E-state index contributed by atoms with van der Waals surface area (Å²) >= 11 is 9.05. The predicted molar refractivity (Wildman–Crippen MR) is 151 cm³/mol. The number of nitrogens with one attached hydrogen (secondary N) is 2. The number of aromatic nitrogens is 6. The first-order valence-corrected chi connectivity index (χ1v) is 14.8. The second-order valence-electron chi connectivity index (χ2n) is 7.94. The first-order valence-electron chi connectivity index (χ1n) is 11.4. The zero-order valence-electron chi connectivity index (χ0n) is 20.6. The fourth-order valence-corrected chi connectivity index (χ4v) is 6.49. The van der Waals surface area contributed by atoms with Gasteiger partial charge in [-0.3, -0.25) is 19.9 Å². The highest BCUT2D eigenvalue weighted by Crippen LogP contribution is 2.41. The van der Waals surface area contributed by atoms with Gasteiger partial charge < -0.3 is 26.7 Å². The summed E-state index contributed by atoms with van der Waals surface area (Å²) in [5, 5.41) is 34.6. The third-order valence-electron chi connectivity index (χ3n) is 5.33. The number of aryl methyl sites for hydroxylation is 1. The van der Waals surface area contributed by atoms with Gasteiger partial charge in [0.15, 0.2) is 11.0 Å². The van der Waals surface area contributed by atoms with Crippen LogP contribution in [0.5, 0.6) is 0 Å². The number of carboxylic acids is 1. The first-order chi connectivity index (χ1) is 19.1. The molecule has 0 spiro atoms. The number of aliphatic carboxylic acids is 1. The van der Waals surface area contributed by atoms with Crippen molar-refractivity contribution in [1.82, 2.24) is 39.8 Å². The van der Waals surface area contributed by atoms with E-state index in [-0.39, 0.29) is 56.8 Å². The maximum absolute atomic E-state index is 13.1. The maximum Gasteiger partial charge on any atom is 0.353 e. The lowest BCUT2D eigenvalue weighted by Crippen LogP contribution is -2.71. The van der Waals surface area contributed by atoms with Gasteiger partial charge in [0.1, 0.15) is 29.6 Å². The van der Waals surface area contributed by atoms with E-state index in [0.717, 1.165) is 16.4 Å². The van der Waals surface area contributed by atoms with Crippen molar-refractivity contribution in [3.05, 3.63) is 22.9 Å². The molecule has 4 heterocycles. The van der Waals surface area contributed by atoms with E-state index >= 15 is 0 Å². The Balaban J connectivity index is 1.52. The zero-order chi connectivity index (χ0) is 29.0. The number of amides is 2. The van der Waals surface area contributed by atoms with Crippen molar-refractivity contribution in [2.24, 2.45) is 10.9 Å². The Hall–Kier alpha value is -3.69. The second-order valence-corrected chi connectivity index (χ2v) is 11.3. The quantitative estimate of drug-likeness (QED) is 0.0328. The normalized spacial score (nSPS) is 18.7. The summed E-state index contributed by atoms with van der Waals surface area (Å²) in [5.74, 6) is -1.64. The molecule has 0 radical (unpaired) electrons. The van der Waals surface area contributed by atoms with Crippen molar-refractivity contribution in [2.75, 3.05) is 29.6 Å². The molecular formula is C19H22N12O5S4. The van der Waals surface area contributed by atoms with Crippen LogP contribution in [0.25, 0.3) is 0 Å². The lowest BCUT2D eigenvalue weighted by atomic mass is 10.0. The zero-order valence-corrected chi connectivity index (χ0v) is 23.9. The number of nitrogens with zero attached hydrogens (tertiary/aromatic N) is 8. The molecule has 0 aliphatic carbocycles. The number of carbonyl (C=O) groups excluding carboxylic acids is 2. The van der Waals surface area contributed by atoms with Crippen molar-refractivity contribution in [3.8, 4) is 0 Å². The number of thioether (sulfide) groups is 2. The fourth-order valence-electron chi connectivity index (χ4n) is 3.63. The highest BCUT2D eigenvalue weighted by Gasteiger charge is 2.55. The van der Waals surface area contributed by atoms with E-state index in [0.29, 0.717) is 18.1 Å². The van der Waals surface area contributed by atoms with Gasteiger partial charge in [-0.25, -0.2) is 9.48 Å². The van der Waals surface area contributed by atoms with Gasteiger partial charge in [0.05, 0.1) is 17.2 Å². The van der Waals surface area contributed by atoms with E-state index in [1.165, 1.54) is 28.2 Å². The number of oxime groups is 1. The lowest BCUT2D eigenvalue weighted by Gasteiger charge is -2.49. The number of hydrogen-bond donors (Lipinski definition) is 5. The van der Waals surface area contributed by atoms with Gasteiger partial charge >= 0.3 is 5.97 Å². The van der Waals surface area contributed by atoms with E-state index in [9.17, 15) is 19.5 Å². The summed E-state index contributed by atoms with van der Waals surface area (Å²) in [6.07, 6.45) is 0. The van der Waals surface area contributed by atoms with Gasteiger partial charge in [0.2, 0.25) is 11.5 Å². The van der Waals surface area contributed by atoms with Crippen molar-refractivity contribution in [2.45, 2.75) is 24.9 Å².